The van der Waals surface area contributed by atoms with E-state index < -0.39 is 0 Å². The van der Waals surface area contributed by atoms with E-state index >= 15 is 0 Å². The topological polar surface area (TPSA) is 20.3 Å². The van der Waals surface area contributed by atoms with E-state index in [9.17, 15) is 4.79 Å². The van der Waals surface area contributed by atoms with Crippen LogP contribution in [0.5, 0.6) is 0 Å². The molecule has 2 nitrogen and oxygen atoms in total. The molecule has 0 bridgehead atoms. The van der Waals surface area contributed by atoms with Crippen molar-refractivity contribution >= 4 is 17.2 Å². The number of nitrogens with zero attached hydrogens (tertiary/aromatic N) is 1. The summed E-state index contributed by atoms with van der Waals surface area (Å²) in [5, 5.41) is 4.01. The van der Waals surface area contributed by atoms with Gasteiger partial charge in [0.1, 0.15) is 0 Å². The Balaban J connectivity index is 1.80. The highest BCUT2D eigenvalue weighted by molar-refractivity contribution is 7.08. The Labute approximate surface area is 98.1 Å². The van der Waals surface area contributed by atoms with Gasteiger partial charge in [0.2, 0.25) is 0 Å². The van der Waals surface area contributed by atoms with Crippen LogP contribution < -0.4 is 0 Å². The summed E-state index contributed by atoms with van der Waals surface area (Å²) in [7, 11) is 0. The second-order valence-electron chi connectivity index (χ2n) is 3.96. The molecular formula is C13H11NOS. The number of rotatable bonds is 2. The minimum absolute atomic E-state index is 0.167. The minimum atomic E-state index is 0.167. The normalized spacial score (nSPS) is 14.2. The van der Waals surface area contributed by atoms with Crippen LogP contribution in [-0.4, -0.2) is 10.8 Å². The largest absolute Gasteiger partial charge is 0.330 e. The molecule has 80 valence electrons. The zero-order valence-corrected chi connectivity index (χ0v) is 9.54. The van der Waals surface area contributed by atoms with Crippen molar-refractivity contribution in [1.29, 1.82) is 0 Å². The molecule has 0 atom stereocenters. The predicted octanol–water partition coefficient (Wildman–Crippen LogP) is 2.90. The van der Waals surface area contributed by atoms with Crippen LogP contribution in [0.15, 0.2) is 41.1 Å². The maximum absolute atomic E-state index is 12.0. The summed E-state index contributed by atoms with van der Waals surface area (Å²) in [5.41, 5.74) is 3.25. The van der Waals surface area contributed by atoms with Gasteiger partial charge in [-0.2, -0.15) is 11.3 Å². The molecule has 1 aliphatic rings. The zero-order valence-electron chi connectivity index (χ0n) is 8.72. The molecule has 2 heterocycles. The highest BCUT2D eigenvalue weighted by Crippen LogP contribution is 2.27. The Kier molecular flexibility index (Phi) is 2.26. The number of benzene rings is 1. The van der Waals surface area contributed by atoms with Crippen LogP contribution in [-0.2, 0) is 13.1 Å². The highest BCUT2D eigenvalue weighted by Gasteiger charge is 2.27. The van der Waals surface area contributed by atoms with Gasteiger partial charge in [-0.15, -0.1) is 0 Å². The van der Waals surface area contributed by atoms with Crippen molar-refractivity contribution in [1.82, 2.24) is 4.90 Å². The number of fused-ring (bicyclic) bond motifs is 1. The van der Waals surface area contributed by atoms with E-state index in [-0.39, 0.29) is 5.91 Å². The van der Waals surface area contributed by atoms with E-state index in [4.69, 9.17) is 0 Å². The summed E-state index contributed by atoms with van der Waals surface area (Å²) in [6, 6.07) is 10.1. The van der Waals surface area contributed by atoms with Gasteiger partial charge in [0.05, 0.1) is 5.56 Å². The summed E-state index contributed by atoms with van der Waals surface area (Å²) in [6.07, 6.45) is 0. The smallest absolute Gasteiger partial charge is 0.255 e. The molecular weight excluding hydrogens is 218 g/mol. The number of carbonyl (C=O) groups excluding carboxylic acids is 1. The van der Waals surface area contributed by atoms with Crippen LogP contribution >= 0.6 is 11.3 Å². The van der Waals surface area contributed by atoms with Crippen LogP contribution in [0.25, 0.3) is 0 Å². The fraction of sp³-hybridized carbons (Fsp3) is 0.154. The summed E-state index contributed by atoms with van der Waals surface area (Å²) in [5.74, 6) is 0.167. The molecule has 3 rings (SSSR count). The highest BCUT2D eigenvalue weighted by atomic mass is 32.1. The van der Waals surface area contributed by atoms with Crippen LogP contribution in [0.1, 0.15) is 21.5 Å². The SMILES string of the molecule is O=C1c2cscc2CN1Cc1ccccc1. The van der Waals surface area contributed by atoms with E-state index in [1.807, 2.05) is 28.5 Å². The van der Waals surface area contributed by atoms with Gasteiger partial charge in [-0.25, -0.2) is 0 Å². The van der Waals surface area contributed by atoms with Gasteiger partial charge in [-0.3, -0.25) is 4.79 Å². The standard InChI is InChI=1S/C13H11NOS/c15-13-12-9-16-8-11(12)7-14(13)6-10-4-2-1-3-5-10/h1-5,8-9H,6-7H2. The molecule has 0 aliphatic carbocycles. The molecule has 0 fully saturated rings. The van der Waals surface area contributed by atoms with Crippen molar-refractivity contribution in [3.8, 4) is 0 Å². The first kappa shape index (κ1) is 9.60. The van der Waals surface area contributed by atoms with Crippen molar-refractivity contribution in [2.45, 2.75) is 13.1 Å². The van der Waals surface area contributed by atoms with Crippen molar-refractivity contribution in [3.05, 3.63) is 57.8 Å². The van der Waals surface area contributed by atoms with E-state index in [1.54, 1.807) is 11.3 Å². The average Bonchev–Trinajstić information content (AvgIpc) is 2.86. The summed E-state index contributed by atoms with van der Waals surface area (Å²) in [4.78, 5) is 13.9. The fourth-order valence-electron chi connectivity index (χ4n) is 2.01. The third kappa shape index (κ3) is 1.53. The molecule has 2 aromatic rings. The van der Waals surface area contributed by atoms with Crippen molar-refractivity contribution in [2.75, 3.05) is 0 Å². The van der Waals surface area contributed by atoms with E-state index in [2.05, 4.69) is 17.5 Å². The maximum Gasteiger partial charge on any atom is 0.255 e. The number of thiophene rings is 1. The van der Waals surface area contributed by atoms with Crippen molar-refractivity contribution in [2.24, 2.45) is 0 Å². The second-order valence-corrected chi connectivity index (χ2v) is 4.70. The number of carbonyl (C=O) groups is 1. The molecule has 16 heavy (non-hydrogen) atoms. The quantitative estimate of drug-likeness (QED) is 0.775. The molecule has 1 aromatic carbocycles. The van der Waals surface area contributed by atoms with Crippen molar-refractivity contribution < 1.29 is 4.79 Å². The summed E-state index contributed by atoms with van der Waals surface area (Å²) in [6.45, 7) is 1.46. The Hall–Kier alpha value is -1.61. The van der Waals surface area contributed by atoms with Crippen LogP contribution in [0.2, 0.25) is 0 Å². The fourth-order valence-corrected chi connectivity index (χ4v) is 2.83. The Morgan fingerprint density at radius 2 is 2.00 bits per heavy atom. The predicted molar refractivity (Wildman–Crippen MR) is 64.3 cm³/mol. The first-order valence-corrected chi connectivity index (χ1v) is 6.17. The van der Waals surface area contributed by atoms with Gasteiger partial charge >= 0.3 is 0 Å². The number of hydrogen-bond donors (Lipinski definition) is 0. The molecule has 1 aliphatic heterocycles. The molecule has 3 heteroatoms. The lowest BCUT2D eigenvalue weighted by Crippen LogP contribution is -2.23. The first-order valence-electron chi connectivity index (χ1n) is 5.23. The van der Waals surface area contributed by atoms with Gasteiger partial charge in [-0.1, -0.05) is 30.3 Å². The summed E-state index contributed by atoms with van der Waals surface area (Å²) >= 11 is 1.61. The number of amides is 1. The lowest BCUT2D eigenvalue weighted by Gasteiger charge is -2.15. The zero-order chi connectivity index (χ0) is 11.0. The Morgan fingerprint density at radius 1 is 1.19 bits per heavy atom. The summed E-state index contributed by atoms with van der Waals surface area (Å²) < 4.78 is 0. The third-order valence-electron chi connectivity index (χ3n) is 2.84. The van der Waals surface area contributed by atoms with Crippen LogP contribution in [0.3, 0.4) is 0 Å². The van der Waals surface area contributed by atoms with Gasteiger partial charge < -0.3 is 4.90 Å². The molecule has 0 spiro atoms. The van der Waals surface area contributed by atoms with Crippen molar-refractivity contribution in [3.63, 3.8) is 0 Å². The molecule has 0 radical (unpaired) electrons. The Bertz CT molecular complexity index is 518. The van der Waals surface area contributed by atoms with E-state index in [1.165, 1.54) is 11.1 Å². The van der Waals surface area contributed by atoms with E-state index in [0.29, 0.717) is 6.54 Å². The first-order chi connectivity index (χ1) is 7.84. The maximum atomic E-state index is 12.0. The monoisotopic (exact) mass is 229 g/mol. The molecule has 1 aromatic heterocycles. The average molecular weight is 229 g/mol. The van der Waals surface area contributed by atoms with Gasteiger partial charge in [0, 0.05) is 18.5 Å². The molecule has 0 unspecified atom stereocenters. The van der Waals surface area contributed by atoms with Crippen LogP contribution in [0, 0.1) is 0 Å². The van der Waals surface area contributed by atoms with Gasteiger partial charge in [0.25, 0.3) is 5.91 Å². The van der Waals surface area contributed by atoms with E-state index in [0.717, 1.165) is 12.1 Å². The minimum Gasteiger partial charge on any atom is -0.330 e. The van der Waals surface area contributed by atoms with Gasteiger partial charge in [-0.05, 0) is 16.5 Å². The number of hydrogen-bond acceptors (Lipinski definition) is 2. The van der Waals surface area contributed by atoms with Gasteiger partial charge in [0.15, 0.2) is 0 Å². The molecule has 0 saturated carbocycles. The lowest BCUT2D eigenvalue weighted by atomic mass is 10.2. The Morgan fingerprint density at radius 3 is 2.75 bits per heavy atom. The lowest BCUT2D eigenvalue weighted by molar-refractivity contribution is 0.0767. The molecule has 1 amide bonds. The second kappa shape index (κ2) is 3.76. The molecule has 0 N–H and O–H groups in total. The third-order valence-corrected chi connectivity index (χ3v) is 3.63. The van der Waals surface area contributed by atoms with Crippen LogP contribution in [0.4, 0.5) is 0 Å². The molecule has 0 saturated heterocycles.